The fraction of sp³-hybridized carbons (Fsp3) is 0.333. The zero-order valence-electron chi connectivity index (χ0n) is 15.9. The number of fused-ring (bicyclic) bond motifs is 2. The Bertz CT molecular complexity index is 1160. The minimum atomic E-state index is -0.666. The maximum atomic E-state index is 13.0. The number of hydrogen-bond acceptors (Lipinski definition) is 6. The Morgan fingerprint density at radius 1 is 1.21 bits per heavy atom. The molecule has 0 bridgehead atoms. The number of Topliss-reactive ketones (excluding diaryl/α,β-unsaturated/α-hetero) is 1. The average Bonchev–Trinajstić information content (AvgIpc) is 2.88. The van der Waals surface area contributed by atoms with E-state index in [0.29, 0.717) is 22.3 Å². The zero-order valence-corrected chi connectivity index (χ0v) is 16.7. The van der Waals surface area contributed by atoms with E-state index in [9.17, 15) is 18.8 Å². The third-order valence-electron chi connectivity index (χ3n) is 5.10. The zero-order chi connectivity index (χ0) is 20.5. The van der Waals surface area contributed by atoms with Crippen LogP contribution < -0.4 is 5.56 Å². The van der Waals surface area contributed by atoms with Crippen LogP contribution in [0.4, 0.5) is 4.39 Å². The van der Waals surface area contributed by atoms with Gasteiger partial charge in [0.05, 0.1) is 5.39 Å². The first-order valence-electron chi connectivity index (χ1n) is 9.44. The van der Waals surface area contributed by atoms with Gasteiger partial charge >= 0.3 is 5.97 Å². The molecule has 3 aromatic rings. The molecule has 0 saturated carbocycles. The van der Waals surface area contributed by atoms with Gasteiger partial charge in [0.25, 0.3) is 5.56 Å². The summed E-state index contributed by atoms with van der Waals surface area (Å²) in [7, 11) is 0. The predicted octanol–water partition coefficient (Wildman–Crippen LogP) is 3.67. The second-order valence-corrected chi connectivity index (χ2v) is 8.04. The van der Waals surface area contributed by atoms with Crippen LogP contribution in [0.3, 0.4) is 0 Å². The molecule has 1 aliphatic rings. The molecule has 1 aromatic carbocycles. The van der Waals surface area contributed by atoms with Crippen LogP contribution in [0, 0.1) is 12.7 Å². The summed E-state index contributed by atoms with van der Waals surface area (Å²) < 4.78 is 19.8. The number of thiophene rings is 1. The van der Waals surface area contributed by atoms with E-state index in [0.717, 1.165) is 42.8 Å². The second kappa shape index (κ2) is 7.87. The van der Waals surface area contributed by atoms with E-state index in [4.69, 9.17) is 4.74 Å². The van der Waals surface area contributed by atoms with Gasteiger partial charge in [0, 0.05) is 18.5 Å². The highest BCUT2D eigenvalue weighted by atomic mass is 32.1. The summed E-state index contributed by atoms with van der Waals surface area (Å²) in [5.74, 6) is -0.785. The number of ether oxygens (including phenoxy) is 1. The highest BCUT2D eigenvalue weighted by Crippen LogP contribution is 2.29. The highest BCUT2D eigenvalue weighted by molar-refractivity contribution is 7.20. The van der Waals surface area contributed by atoms with Gasteiger partial charge in [-0.15, -0.1) is 11.3 Å². The number of ketones is 1. The molecular weight excluding hydrogens is 395 g/mol. The third-order valence-corrected chi connectivity index (χ3v) is 6.26. The van der Waals surface area contributed by atoms with Gasteiger partial charge in [-0.2, -0.15) is 0 Å². The van der Waals surface area contributed by atoms with Crippen molar-refractivity contribution in [1.82, 2.24) is 9.55 Å². The Balaban J connectivity index is 1.59. The summed E-state index contributed by atoms with van der Waals surface area (Å²) in [6, 6.07) is 5.03. The van der Waals surface area contributed by atoms with Gasteiger partial charge < -0.3 is 4.74 Å². The molecule has 150 valence electrons. The molecule has 8 heteroatoms. The summed E-state index contributed by atoms with van der Waals surface area (Å²) >= 11 is 1.12. The summed E-state index contributed by atoms with van der Waals surface area (Å²) in [5, 5.41) is 0.442. The molecule has 1 aliphatic heterocycles. The van der Waals surface area contributed by atoms with Crippen LogP contribution in [0.5, 0.6) is 0 Å². The molecule has 0 N–H and O–H groups in total. The van der Waals surface area contributed by atoms with E-state index in [1.807, 2.05) is 0 Å². The number of carbonyl (C=O) groups is 2. The van der Waals surface area contributed by atoms with Crippen molar-refractivity contribution in [2.75, 3.05) is 6.61 Å². The third kappa shape index (κ3) is 3.72. The van der Waals surface area contributed by atoms with Crippen molar-refractivity contribution in [2.45, 2.75) is 39.2 Å². The Labute approximate surface area is 170 Å². The van der Waals surface area contributed by atoms with E-state index < -0.39 is 24.2 Å². The first-order valence-corrected chi connectivity index (χ1v) is 10.3. The van der Waals surface area contributed by atoms with E-state index in [2.05, 4.69) is 4.98 Å². The van der Waals surface area contributed by atoms with Gasteiger partial charge in [-0.1, -0.05) is 6.42 Å². The second-order valence-electron chi connectivity index (χ2n) is 7.04. The molecule has 0 amide bonds. The lowest BCUT2D eigenvalue weighted by Gasteiger charge is -2.08. The molecular formula is C21H19FN2O4S. The lowest BCUT2D eigenvalue weighted by Crippen LogP contribution is -2.24. The summed E-state index contributed by atoms with van der Waals surface area (Å²) in [6.45, 7) is 1.88. The van der Waals surface area contributed by atoms with Gasteiger partial charge in [-0.05, 0) is 49.6 Å². The minimum Gasteiger partial charge on any atom is -0.453 e. The van der Waals surface area contributed by atoms with Crippen molar-refractivity contribution in [3.63, 3.8) is 0 Å². The highest BCUT2D eigenvalue weighted by Gasteiger charge is 2.23. The van der Waals surface area contributed by atoms with Crippen LogP contribution in [-0.2, 0) is 17.7 Å². The number of aromatic nitrogens is 2. The van der Waals surface area contributed by atoms with Crippen LogP contribution in [0.1, 0.15) is 50.7 Å². The molecule has 0 spiro atoms. The molecule has 29 heavy (non-hydrogen) atoms. The van der Waals surface area contributed by atoms with Crippen molar-refractivity contribution in [3.8, 4) is 0 Å². The molecule has 0 unspecified atom stereocenters. The topological polar surface area (TPSA) is 78.3 Å². The standard InChI is InChI=1S/C21H19FN2O4S/c1-12-17-19(23-16-5-3-2-4-10-24(16)20(17)26)29-18(12)21(27)28-11-15(25)13-6-8-14(22)9-7-13/h6-9H,2-5,10-11H2,1H3. The van der Waals surface area contributed by atoms with Crippen molar-refractivity contribution >= 4 is 33.3 Å². The Morgan fingerprint density at radius 3 is 2.72 bits per heavy atom. The number of esters is 1. The first kappa shape index (κ1) is 19.4. The van der Waals surface area contributed by atoms with Crippen LogP contribution in [-0.4, -0.2) is 27.9 Å². The lowest BCUT2D eigenvalue weighted by atomic mass is 10.1. The molecule has 0 radical (unpaired) electrons. The molecule has 0 saturated heterocycles. The Kier molecular flexibility index (Phi) is 5.27. The van der Waals surface area contributed by atoms with Crippen LogP contribution >= 0.6 is 11.3 Å². The molecule has 4 rings (SSSR count). The van der Waals surface area contributed by atoms with Crippen LogP contribution in [0.15, 0.2) is 29.1 Å². The van der Waals surface area contributed by atoms with Gasteiger partial charge in [-0.3, -0.25) is 14.2 Å². The van der Waals surface area contributed by atoms with E-state index >= 15 is 0 Å². The van der Waals surface area contributed by atoms with Crippen molar-refractivity contribution in [2.24, 2.45) is 0 Å². The average molecular weight is 414 g/mol. The SMILES string of the molecule is Cc1c(C(=O)OCC(=O)c2ccc(F)cc2)sc2nc3n(c(=O)c12)CCCCC3. The summed E-state index contributed by atoms with van der Waals surface area (Å²) in [6.07, 6.45) is 3.73. The fourth-order valence-electron chi connectivity index (χ4n) is 3.52. The van der Waals surface area contributed by atoms with E-state index in [-0.39, 0.29) is 16.0 Å². The lowest BCUT2D eigenvalue weighted by molar-refractivity contribution is 0.0479. The van der Waals surface area contributed by atoms with Gasteiger partial charge in [0.2, 0.25) is 0 Å². The number of rotatable bonds is 4. The van der Waals surface area contributed by atoms with Gasteiger partial charge in [-0.25, -0.2) is 14.2 Å². The fourth-order valence-corrected chi connectivity index (χ4v) is 4.60. The number of aryl methyl sites for hydroxylation is 2. The maximum absolute atomic E-state index is 13.0. The smallest absolute Gasteiger partial charge is 0.349 e. The minimum absolute atomic E-state index is 0.123. The van der Waals surface area contributed by atoms with Crippen LogP contribution in [0.2, 0.25) is 0 Å². The molecule has 2 aromatic heterocycles. The number of nitrogens with zero attached hydrogens (tertiary/aromatic N) is 2. The number of carbonyl (C=O) groups excluding carboxylic acids is 2. The largest absolute Gasteiger partial charge is 0.453 e. The Hall–Kier alpha value is -2.87. The van der Waals surface area contributed by atoms with Crippen molar-refractivity contribution in [1.29, 1.82) is 0 Å². The van der Waals surface area contributed by atoms with Gasteiger partial charge in [0.15, 0.2) is 12.4 Å². The molecule has 3 heterocycles. The molecule has 0 aliphatic carbocycles. The first-order chi connectivity index (χ1) is 14.0. The molecule has 0 atom stereocenters. The molecule has 0 fully saturated rings. The Morgan fingerprint density at radius 2 is 1.97 bits per heavy atom. The maximum Gasteiger partial charge on any atom is 0.349 e. The van der Waals surface area contributed by atoms with Crippen LogP contribution in [0.25, 0.3) is 10.2 Å². The normalized spacial score (nSPS) is 13.7. The van der Waals surface area contributed by atoms with E-state index in [1.165, 1.54) is 24.3 Å². The molecule has 6 nitrogen and oxygen atoms in total. The number of halogens is 1. The van der Waals surface area contributed by atoms with Gasteiger partial charge in [0.1, 0.15) is 21.3 Å². The number of hydrogen-bond donors (Lipinski definition) is 0. The van der Waals surface area contributed by atoms with Crippen molar-refractivity contribution in [3.05, 3.63) is 62.3 Å². The summed E-state index contributed by atoms with van der Waals surface area (Å²) in [4.78, 5) is 43.1. The quantitative estimate of drug-likeness (QED) is 0.481. The summed E-state index contributed by atoms with van der Waals surface area (Å²) in [5.41, 5.74) is 0.666. The van der Waals surface area contributed by atoms with Crippen molar-refractivity contribution < 1.29 is 18.7 Å². The predicted molar refractivity (Wildman–Crippen MR) is 107 cm³/mol. The number of benzene rings is 1. The van der Waals surface area contributed by atoms with E-state index in [1.54, 1.807) is 11.5 Å². The monoisotopic (exact) mass is 414 g/mol.